The molecule has 0 fully saturated rings. The number of anilines is 1. The van der Waals surface area contributed by atoms with Crippen LogP contribution in [0.15, 0.2) is 48.5 Å². The fourth-order valence-corrected chi connectivity index (χ4v) is 3.05. The lowest BCUT2D eigenvalue weighted by atomic mass is 9.93. The van der Waals surface area contributed by atoms with E-state index in [1.807, 2.05) is 26.0 Å². The molecule has 0 heterocycles. The summed E-state index contributed by atoms with van der Waals surface area (Å²) < 4.78 is 5.14. The summed E-state index contributed by atoms with van der Waals surface area (Å²) in [6.07, 6.45) is 0. The van der Waals surface area contributed by atoms with Gasteiger partial charge < -0.3 is 15.4 Å². The van der Waals surface area contributed by atoms with Crippen LogP contribution in [0.5, 0.6) is 0 Å². The van der Waals surface area contributed by atoms with Gasteiger partial charge in [0.15, 0.2) is 6.61 Å². The summed E-state index contributed by atoms with van der Waals surface area (Å²) >= 11 is 0. The molecule has 1 atom stereocenters. The molecule has 2 N–H and O–H groups in total. The van der Waals surface area contributed by atoms with Gasteiger partial charge in [-0.3, -0.25) is 9.59 Å². The van der Waals surface area contributed by atoms with Gasteiger partial charge in [0.05, 0.1) is 11.6 Å². The first-order valence-electron chi connectivity index (χ1n) is 10.1. The van der Waals surface area contributed by atoms with Gasteiger partial charge in [0.2, 0.25) is 5.91 Å². The first kappa shape index (κ1) is 23.1. The Kier molecular flexibility index (Phi) is 8.16. The van der Waals surface area contributed by atoms with Crippen molar-refractivity contribution in [1.82, 2.24) is 5.32 Å². The van der Waals surface area contributed by atoms with Gasteiger partial charge in [0, 0.05) is 12.6 Å². The van der Waals surface area contributed by atoms with Crippen LogP contribution in [0.4, 0.5) is 5.69 Å². The maximum absolute atomic E-state index is 12.4. The number of nitrogens with one attached hydrogen (secondary N) is 2. The number of esters is 1. The highest BCUT2D eigenvalue weighted by molar-refractivity contribution is 5.93. The molecule has 0 unspecified atom stereocenters. The van der Waals surface area contributed by atoms with E-state index in [0.29, 0.717) is 17.2 Å². The lowest BCUT2D eigenvalue weighted by molar-refractivity contribution is -0.125. The minimum absolute atomic E-state index is 0.172. The van der Waals surface area contributed by atoms with Gasteiger partial charge in [-0.15, -0.1) is 0 Å². The topological polar surface area (TPSA) is 84.5 Å². The third kappa shape index (κ3) is 6.72. The van der Waals surface area contributed by atoms with Crippen molar-refractivity contribution in [3.05, 3.63) is 65.2 Å². The van der Waals surface area contributed by atoms with Crippen molar-refractivity contribution in [3.8, 4) is 0 Å². The van der Waals surface area contributed by atoms with E-state index >= 15 is 0 Å². The van der Waals surface area contributed by atoms with Gasteiger partial charge >= 0.3 is 5.97 Å². The molecule has 0 saturated carbocycles. The largest absolute Gasteiger partial charge is 0.452 e. The van der Waals surface area contributed by atoms with Crippen LogP contribution in [0.25, 0.3) is 0 Å². The van der Waals surface area contributed by atoms with Gasteiger partial charge in [0.25, 0.3) is 5.91 Å². The Hall–Kier alpha value is -3.15. The van der Waals surface area contributed by atoms with Crippen molar-refractivity contribution in [2.24, 2.45) is 5.92 Å². The SMILES string of the molecule is CC(=O)Nc1ccc(C(=O)OCC(=O)N[C@@H](c2ccc(C(C)C)cc2)C(C)C)cc1. The molecule has 2 aromatic rings. The smallest absolute Gasteiger partial charge is 0.338 e. The lowest BCUT2D eigenvalue weighted by Crippen LogP contribution is -2.35. The molecule has 0 aromatic heterocycles. The van der Waals surface area contributed by atoms with Gasteiger partial charge in [-0.2, -0.15) is 0 Å². The zero-order valence-electron chi connectivity index (χ0n) is 18.2. The number of hydrogen-bond donors (Lipinski definition) is 2. The number of carbonyl (C=O) groups excluding carboxylic acids is 3. The average Bonchev–Trinajstić information content (AvgIpc) is 2.70. The predicted molar refractivity (Wildman–Crippen MR) is 117 cm³/mol. The van der Waals surface area contributed by atoms with Gasteiger partial charge in [0.1, 0.15) is 0 Å². The van der Waals surface area contributed by atoms with E-state index in [1.54, 1.807) is 24.3 Å². The fraction of sp³-hybridized carbons (Fsp3) is 0.375. The van der Waals surface area contributed by atoms with Crippen molar-refractivity contribution in [2.75, 3.05) is 11.9 Å². The molecule has 6 nitrogen and oxygen atoms in total. The fourth-order valence-electron chi connectivity index (χ4n) is 3.05. The molecular weight excluding hydrogens is 380 g/mol. The van der Waals surface area contributed by atoms with Crippen LogP contribution in [-0.4, -0.2) is 24.4 Å². The van der Waals surface area contributed by atoms with Crippen LogP contribution < -0.4 is 10.6 Å². The van der Waals surface area contributed by atoms with Crippen LogP contribution in [0.2, 0.25) is 0 Å². The Morgan fingerprint density at radius 3 is 1.93 bits per heavy atom. The van der Waals surface area contributed by atoms with E-state index < -0.39 is 5.97 Å². The molecule has 160 valence electrons. The summed E-state index contributed by atoms with van der Waals surface area (Å²) in [6, 6.07) is 14.3. The monoisotopic (exact) mass is 410 g/mol. The highest BCUT2D eigenvalue weighted by Crippen LogP contribution is 2.24. The van der Waals surface area contributed by atoms with E-state index in [0.717, 1.165) is 5.56 Å². The molecule has 0 saturated heterocycles. The second-order valence-electron chi connectivity index (χ2n) is 7.95. The van der Waals surface area contributed by atoms with E-state index in [9.17, 15) is 14.4 Å². The van der Waals surface area contributed by atoms with Gasteiger partial charge in [-0.25, -0.2) is 4.79 Å². The molecule has 0 aliphatic carbocycles. The zero-order valence-corrected chi connectivity index (χ0v) is 18.2. The van der Waals surface area contributed by atoms with Crippen LogP contribution in [0.1, 0.15) is 68.1 Å². The molecule has 2 rings (SSSR count). The van der Waals surface area contributed by atoms with Crippen molar-refractivity contribution in [1.29, 1.82) is 0 Å². The quantitative estimate of drug-likeness (QED) is 0.630. The zero-order chi connectivity index (χ0) is 22.3. The summed E-state index contributed by atoms with van der Waals surface area (Å²) in [7, 11) is 0. The van der Waals surface area contributed by atoms with Crippen molar-refractivity contribution in [3.63, 3.8) is 0 Å². The van der Waals surface area contributed by atoms with Crippen LogP contribution >= 0.6 is 0 Å². The molecule has 30 heavy (non-hydrogen) atoms. The maximum atomic E-state index is 12.4. The normalized spacial score (nSPS) is 11.8. The molecule has 2 aromatic carbocycles. The van der Waals surface area contributed by atoms with Crippen LogP contribution in [0, 0.1) is 5.92 Å². The Bertz CT molecular complexity index is 871. The molecule has 2 amide bonds. The highest BCUT2D eigenvalue weighted by atomic mass is 16.5. The third-order valence-corrected chi connectivity index (χ3v) is 4.72. The predicted octanol–water partition coefficient (Wildman–Crippen LogP) is 4.44. The minimum Gasteiger partial charge on any atom is -0.452 e. The first-order valence-corrected chi connectivity index (χ1v) is 10.1. The molecule has 0 radical (unpaired) electrons. The Balaban J connectivity index is 1.94. The molecule has 0 spiro atoms. The number of carbonyl (C=O) groups is 3. The van der Waals surface area contributed by atoms with Gasteiger partial charge in [-0.1, -0.05) is 52.0 Å². The maximum Gasteiger partial charge on any atom is 0.338 e. The summed E-state index contributed by atoms with van der Waals surface area (Å²) in [5.41, 5.74) is 3.15. The summed E-state index contributed by atoms with van der Waals surface area (Å²) in [5, 5.41) is 5.58. The minimum atomic E-state index is -0.595. The van der Waals surface area contributed by atoms with Crippen molar-refractivity contribution < 1.29 is 19.1 Å². The lowest BCUT2D eigenvalue weighted by Gasteiger charge is -2.23. The Morgan fingerprint density at radius 2 is 1.43 bits per heavy atom. The summed E-state index contributed by atoms with van der Waals surface area (Å²) in [4.78, 5) is 35.6. The average molecular weight is 411 g/mol. The number of rotatable bonds is 8. The van der Waals surface area contributed by atoms with Gasteiger partial charge in [-0.05, 0) is 47.2 Å². The van der Waals surface area contributed by atoms with Crippen LogP contribution in [-0.2, 0) is 14.3 Å². The van der Waals surface area contributed by atoms with E-state index in [4.69, 9.17) is 4.74 Å². The first-order chi connectivity index (χ1) is 14.2. The number of ether oxygens (including phenoxy) is 1. The standard InChI is InChI=1S/C24H30N2O4/c1-15(2)18-6-8-19(9-7-18)23(16(3)4)26-22(28)14-30-24(29)20-10-12-21(13-11-20)25-17(5)27/h6-13,15-16,23H,14H2,1-5H3,(H,25,27)(H,26,28)/t23-/m1/s1. The summed E-state index contributed by atoms with van der Waals surface area (Å²) in [6.45, 7) is 9.38. The van der Waals surface area contributed by atoms with E-state index in [2.05, 4.69) is 36.6 Å². The number of amides is 2. The van der Waals surface area contributed by atoms with Crippen molar-refractivity contribution >= 4 is 23.5 Å². The Morgan fingerprint density at radius 1 is 0.867 bits per heavy atom. The Labute approximate surface area is 178 Å². The molecular formula is C24H30N2O4. The van der Waals surface area contributed by atoms with E-state index in [1.165, 1.54) is 12.5 Å². The third-order valence-electron chi connectivity index (χ3n) is 4.72. The van der Waals surface area contributed by atoms with Crippen molar-refractivity contribution in [2.45, 2.75) is 46.6 Å². The molecule has 0 bridgehead atoms. The molecule has 0 aliphatic rings. The number of hydrogen-bond acceptors (Lipinski definition) is 4. The summed E-state index contributed by atoms with van der Waals surface area (Å²) in [5.74, 6) is -0.527. The van der Waals surface area contributed by atoms with E-state index in [-0.39, 0.29) is 30.4 Å². The highest BCUT2D eigenvalue weighted by Gasteiger charge is 2.19. The van der Waals surface area contributed by atoms with Crippen LogP contribution in [0.3, 0.4) is 0 Å². The molecule has 6 heteroatoms. The number of benzene rings is 2. The second-order valence-corrected chi connectivity index (χ2v) is 7.95. The second kappa shape index (κ2) is 10.6. The molecule has 0 aliphatic heterocycles.